The van der Waals surface area contributed by atoms with Crippen LogP contribution in [0.25, 0.3) is 0 Å². The van der Waals surface area contributed by atoms with Crippen LogP contribution in [0.15, 0.2) is 24.3 Å². The van der Waals surface area contributed by atoms with Crippen molar-refractivity contribution in [2.45, 2.75) is 26.2 Å². The summed E-state index contributed by atoms with van der Waals surface area (Å²) in [5.74, 6) is -0.974. The summed E-state index contributed by atoms with van der Waals surface area (Å²) in [6.45, 7) is 3.06. The van der Waals surface area contributed by atoms with Crippen LogP contribution in [-0.4, -0.2) is 62.6 Å². The molecule has 2 amide bonds. The van der Waals surface area contributed by atoms with Crippen LogP contribution in [0.1, 0.15) is 36.5 Å². The molecule has 1 aromatic rings. The van der Waals surface area contributed by atoms with Gasteiger partial charge in [0.2, 0.25) is 5.91 Å². The maximum Gasteiger partial charge on any atom is 0.281 e. The lowest BCUT2D eigenvalue weighted by Crippen LogP contribution is -2.47. The van der Waals surface area contributed by atoms with Crippen LogP contribution < -0.4 is 10.6 Å². The Morgan fingerprint density at radius 1 is 1.26 bits per heavy atom. The van der Waals surface area contributed by atoms with Crippen LogP contribution in [0, 0.1) is 5.92 Å². The van der Waals surface area contributed by atoms with Gasteiger partial charge in [-0.05, 0) is 31.4 Å². The van der Waals surface area contributed by atoms with Gasteiger partial charge < -0.3 is 10.6 Å². The Balaban J connectivity index is 2.10. The molecule has 1 atom stereocenters. The van der Waals surface area contributed by atoms with E-state index in [1.807, 2.05) is 6.92 Å². The number of nitrogens with one attached hydrogen (secondary N) is 2. The van der Waals surface area contributed by atoms with Crippen molar-refractivity contribution in [3.8, 4) is 0 Å². The second kappa shape index (κ2) is 9.29. The van der Waals surface area contributed by atoms with Crippen LogP contribution in [0.2, 0.25) is 0 Å². The first-order valence-electron chi connectivity index (χ1n) is 9.13. The highest BCUT2D eigenvalue weighted by Gasteiger charge is 2.33. The highest BCUT2D eigenvalue weighted by atomic mass is 32.2. The topological polar surface area (TPSA) is 98.8 Å². The lowest BCUT2D eigenvalue weighted by atomic mass is 9.98. The van der Waals surface area contributed by atoms with Gasteiger partial charge in [0.05, 0.1) is 17.2 Å². The highest BCUT2D eigenvalue weighted by molar-refractivity contribution is 7.86. The third kappa shape index (κ3) is 5.27. The molecule has 150 valence electrons. The Hall–Kier alpha value is -1.97. The molecular formula is C18H28N4O4S. The maximum atomic E-state index is 12.7. The average molecular weight is 397 g/mol. The van der Waals surface area contributed by atoms with Crippen LogP contribution in [0.4, 0.5) is 5.69 Å². The van der Waals surface area contributed by atoms with Crippen molar-refractivity contribution in [1.29, 1.82) is 0 Å². The summed E-state index contributed by atoms with van der Waals surface area (Å²) >= 11 is 0. The molecule has 1 aliphatic heterocycles. The van der Waals surface area contributed by atoms with Gasteiger partial charge in [-0.3, -0.25) is 9.59 Å². The van der Waals surface area contributed by atoms with Gasteiger partial charge >= 0.3 is 0 Å². The molecule has 0 aliphatic carbocycles. The zero-order chi connectivity index (χ0) is 20.0. The van der Waals surface area contributed by atoms with E-state index in [1.54, 1.807) is 24.3 Å². The minimum Gasteiger partial charge on any atom is -0.352 e. The highest BCUT2D eigenvalue weighted by Crippen LogP contribution is 2.23. The minimum absolute atomic E-state index is 0.135. The van der Waals surface area contributed by atoms with Gasteiger partial charge in [-0.2, -0.15) is 17.0 Å². The van der Waals surface area contributed by atoms with Gasteiger partial charge in [0.1, 0.15) is 0 Å². The number of amides is 2. The van der Waals surface area contributed by atoms with Crippen LogP contribution in [0.5, 0.6) is 0 Å². The van der Waals surface area contributed by atoms with E-state index in [2.05, 4.69) is 10.6 Å². The third-order valence-electron chi connectivity index (χ3n) is 4.51. The molecule has 1 heterocycles. The average Bonchev–Trinajstić information content (AvgIpc) is 2.66. The number of piperidine rings is 1. The maximum absolute atomic E-state index is 12.7. The molecule has 1 fully saturated rings. The van der Waals surface area contributed by atoms with E-state index in [1.165, 1.54) is 18.4 Å². The molecule has 2 N–H and O–H groups in total. The fraction of sp³-hybridized carbons (Fsp3) is 0.556. The molecule has 1 saturated heterocycles. The smallest absolute Gasteiger partial charge is 0.281 e. The second-order valence-electron chi connectivity index (χ2n) is 6.78. The molecule has 1 aliphatic rings. The standard InChI is InChI=1S/C18H28N4O4S/c1-4-11-19-18(24)15-9-5-6-10-16(15)20-17(23)14-8-7-12-22(13-14)27(25,26)21(2)3/h5-6,9-10,14H,4,7-8,11-13H2,1-3H3,(H,19,24)(H,20,23)/t14-/m0/s1. The molecule has 27 heavy (non-hydrogen) atoms. The van der Waals surface area contributed by atoms with E-state index < -0.39 is 16.1 Å². The zero-order valence-electron chi connectivity index (χ0n) is 16.1. The Morgan fingerprint density at radius 2 is 1.96 bits per heavy atom. The Kier molecular flexibility index (Phi) is 7.34. The van der Waals surface area contributed by atoms with Crippen LogP contribution in [-0.2, 0) is 15.0 Å². The zero-order valence-corrected chi connectivity index (χ0v) is 16.9. The number of para-hydroxylation sites is 1. The largest absolute Gasteiger partial charge is 0.352 e. The first-order chi connectivity index (χ1) is 12.8. The summed E-state index contributed by atoms with van der Waals surface area (Å²) in [6, 6.07) is 6.82. The van der Waals surface area contributed by atoms with Crippen molar-refractivity contribution in [3.05, 3.63) is 29.8 Å². The monoisotopic (exact) mass is 396 g/mol. The Morgan fingerprint density at radius 3 is 2.63 bits per heavy atom. The molecule has 8 nitrogen and oxygen atoms in total. The number of carbonyl (C=O) groups excluding carboxylic acids is 2. The predicted molar refractivity (Wildman–Crippen MR) is 105 cm³/mol. The molecule has 0 unspecified atom stereocenters. The van der Waals surface area contributed by atoms with E-state index in [0.717, 1.165) is 10.7 Å². The molecular weight excluding hydrogens is 368 g/mol. The van der Waals surface area contributed by atoms with E-state index in [9.17, 15) is 18.0 Å². The van der Waals surface area contributed by atoms with Crippen LogP contribution >= 0.6 is 0 Å². The number of carbonyl (C=O) groups is 2. The van der Waals surface area contributed by atoms with Crippen molar-refractivity contribution < 1.29 is 18.0 Å². The molecule has 2 rings (SSSR count). The number of anilines is 1. The van der Waals surface area contributed by atoms with Gasteiger partial charge in [0.25, 0.3) is 16.1 Å². The fourth-order valence-electron chi connectivity index (χ4n) is 2.96. The van der Waals surface area contributed by atoms with Crippen molar-refractivity contribution >= 4 is 27.7 Å². The molecule has 0 radical (unpaired) electrons. The molecule has 0 spiro atoms. The summed E-state index contributed by atoms with van der Waals surface area (Å²) in [4.78, 5) is 25.0. The fourth-order valence-corrected chi connectivity index (χ4v) is 4.15. The van der Waals surface area contributed by atoms with Crippen molar-refractivity contribution in [1.82, 2.24) is 13.9 Å². The number of rotatable bonds is 7. The molecule has 1 aromatic carbocycles. The van der Waals surface area contributed by atoms with E-state index in [-0.39, 0.29) is 18.4 Å². The lowest BCUT2D eigenvalue weighted by molar-refractivity contribution is -0.120. The normalized spacial score (nSPS) is 18.3. The lowest BCUT2D eigenvalue weighted by Gasteiger charge is -2.32. The number of nitrogens with zero attached hydrogens (tertiary/aromatic N) is 2. The predicted octanol–water partition coefficient (Wildman–Crippen LogP) is 1.28. The number of benzene rings is 1. The second-order valence-corrected chi connectivity index (χ2v) is 8.92. The molecule has 0 saturated carbocycles. The summed E-state index contributed by atoms with van der Waals surface area (Å²) in [6.07, 6.45) is 2.04. The number of hydrogen-bond donors (Lipinski definition) is 2. The molecule has 0 bridgehead atoms. The first kappa shape index (κ1) is 21.3. The first-order valence-corrected chi connectivity index (χ1v) is 10.5. The van der Waals surface area contributed by atoms with Gasteiger partial charge in [-0.25, -0.2) is 0 Å². The minimum atomic E-state index is -3.55. The quantitative estimate of drug-likeness (QED) is 0.725. The number of hydrogen-bond acceptors (Lipinski definition) is 4. The van der Waals surface area contributed by atoms with Crippen molar-refractivity contribution in [3.63, 3.8) is 0 Å². The van der Waals surface area contributed by atoms with E-state index in [0.29, 0.717) is 37.2 Å². The molecule has 9 heteroatoms. The van der Waals surface area contributed by atoms with Gasteiger partial charge in [-0.15, -0.1) is 0 Å². The van der Waals surface area contributed by atoms with Gasteiger partial charge in [0.15, 0.2) is 0 Å². The summed E-state index contributed by atoms with van der Waals surface area (Å²) in [5.41, 5.74) is 0.830. The van der Waals surface area contributed by atoms with E-state index in [4.69, 9.17) is 0 Å². The summed E-state index contributed by atoms with van der Waals surface area (Å²) in [5, 5.41) is 5.60. The van der Waals surface area contributed by atoms with Crippen LogP contribution in [0.3, 0.4) is 0 Å². The summed E-state index contributed by atoms with van der Waals surface area (Å²) < 4.78 is 27.1. The third-order valence-corrected chi connectivity index (χ3v) is 6.41. The molecule has 0 aromatic heterocycles. The van der Waals surface area contributed by atoms with Gasteiger partial charge in [-0.1, -0.05) is 19.1 Å². The van der Waals surface area contributed by atoms with Crippen molar-refractivity contribution in [2.75, 3.05) is 39.0 Å². The SMILES string of the molecule is CCCNC(=O)c1ccccc1NC(=O)[C@H]1CCCN(S(=O)(=O)N(C)C)C1. The Labute approximate surface area is 161 Å². The van der Waals surface area contributed by atoms with Crippen molar-refractivity contribution in [2.24, 2.45) is 5.92 Å². The van der Waals surface area contributed by atoms with E-state index >= 15 is 0 Å². The summed E-state index contributed by atoms with van der Waals surface area (Å²) in [7, 11) is -0.596. The Bertz CT molecular complexity index is 779. The van der Waals surface area contributed by atoms with Gasteiger partial charge in [0, 0.05) is 33.7 Å².